The van der Waals surface area contributed by atoms with Gasteiger partial charge in [-0.15, -0.1) is 0 Å². The molecule has 0 saturated heterocycles. The Labute approximate surface area is 191 Å². The first-order valence-electron chi connectivity index (χ1n) is 10.3. The number of aromatic nitrogens is 1. The molecule has 8 heteroatoms. The molecule has 2 N–H and O–H groups in total. The number of thiazole rings is 1. The van der Waals surface area contributed by atoms with Gasteiger partial charge >= 0.3 is 6.09 Å². The summed E-state index contributed by atoms with van der Waals surface area (Å²) in [4.78, 5) is 28.3. The lowest BCUT2D eigenvalue weighted by Gasteiger charge is -2.19. The van der Waals surface area contributed by atoms with Crippen LogP contribution < -0.4 is 15.4 Å². The highest BCUT2D eigenvalue weighted by molar-refractivity contribution is 7.19. The Kier molecular flexibility index (Phi) is 7.83. The molecule has 7 nitrogen and oxygen atoms in total. The fourth-order valence-corrected chi connectivity index (χ4v) is 3.62. The molecular weight excluding hydrogens is 426 g/mol. The van der Waals surface area contributed by atoms with Gasteiger partial charge in [0.15, 0.2) is 0 Å². The average molecular weight is 454 g/mol. The number of carbonyl (C=O) groups excluding carboxylic acids is 2. The first-order chi connectivity index (χ1) is 15.3. The summed E-state index contributed by atoms with van der Waals surface area (Å²) >= 11 is 1.38. The molecule has 0 atom stereocenters. The number of nitrogens with one attached hydrogen (secondary N) is 2. The second-order valence-corrected chi connectivity index (χ2v) is 9.05. The SMILES string of the molecule is CC(C)(C)OC(=O)NCCCC(=O)Nc1cnc(-c2ccccc2Oc2ccccc2)s1. The van der Waals surface area contributed by atoms with Crippen molar-refractivity contribution in [1.82, 2.24) is 10.3 Å². The van der Waals surface area contributed by atoms with Crippen LogP contribution in [0.25, 0.3) is 10.6 Å². The molecule has 0 saturated carbocycles. The molecule has 0 aliphatic carbocycles. The maximum Gasteiger partial charge on any atom is 0.407 e. The second-order valence-electron chi connectivity index (χ2n) is 8.02. The first kappa shape index (κ1) is 23.3. The van der Waals surface area contributed by atoms with Crippen molar-refractivity contribution in [1.29, 1.82) is 0 Å². The Morgan fingerprint density at radius 3 is 2.50 bits per heavy atom. The lowest BCUT2D eigenvalue weighted by Crippen LogP contribution is -2.33. The van der Waals surface area contributed by atoms with Gasteiger partial charge in [0.2, 0.25) is 5.91 Å². The van der Waals surface area contributed by atoms with E-state index in [4.69, 9.17) is 9.47 Å². The quantitative estimate of drug-likeness (QED) is 0.418. The highest BCUT2D eigenvalue weighted by atomic mass is 32.1. The average Bonchev–Trinajstić information content (AvgIpc) is 3.19. The normalized spacial score (nSPS) is 11.0. The van der Waals surface area contributed by atoms with E-state index in [1.807, 2.05) is 54.6 Å². The fraction of sp³-hybridized carbons (Fsp3) is 0.292. The van der Waals surface area contributed by atoms with Crippen LogP contribution in [0.5, 0.6) is 11.5 Å². The van der Waals surface area contributed by atoms with Crippen molar-refractivity contribution in [2.24, 2.45) is 0 Å². The maximum atomic E-state index is 12.2. The molecule has 0 unspecified atom stereocenters. The number of benzene rings is 2. The summed E-state index contributed by atoms with van der Waals surface area (Å²) < 4.78 is 11.2. The molecule has 32 heavy (non-hydrogen) atoms. The molecule has 2 aromatic carbocycles. The Bertz CT molecular complexity index is 1040. The number of rotatable bonds is 8. The molecule has 0 radical (unpaired) electrons. The summed E-state index contributed by atoms with van der Waals surface area (Å²) in [6, 6.07) is 17.2. The van der Waals surface area contributed by atoms with E-state index in [-0.39, 0.29) is 12.3 Å². The van der Waals surface area contributed by atoms with Crippen LogP contribution in [-0.2, 0) is 9.53 Å². The van der Waals surface area contributed by atoms with Crippen LogP contribution in [0.3, 0.4) is 0 Å². The number of amides is 2. The van der Waals surface area contributed by atoms with Crippen LogP contribution in [0.4, 0.5) is 9.80 Å². The smallest absolute Gasteiger partial charge is 0.407 e. The molecule has 0 aliphatic heterocycles. The molecule has 1 aromatic heterocycles. The molecule has 0 aliphatic rings. The highest BCUT2D eigenvalue weighted by Gasteiger charge is 2.16. The topological polar surface area (TPSA) is 89.5 Å². The monoisotopic (exact) mass is 453 g/mol. The van der Waals surface area contributed by atoms with E-state index in [2.05, 4.69) is 15.6 Å². The van der Waals surface area contributed by atoms with Gasteiger partial charge < -0.3 is 20.1 Å². The van der Waals surface area contributed by atoms with E-state index in [1.165, 1.54) is 11.3 Å². The summed E-state index contributed by atoms with van der Waals surface area (Å²) in [5, 5.41) is 6.91. The van der Waals surface area contributed by atoms with E-state index in [0.717, 1.165) is 16.3 Å². The molecule has 0 fully saturated rings. The summed E-state index contributed by atoms with van der Waals surface area (Å²) in [7, 11) is 0. The van der Waals surface area contributed by atoms with Crippen molar-refractivity contribution in [3.05, 3.63) is 60.8 Å². The van der Waals surface area contributed by atoms with E-state index in [0.29, 0.717) is 23.7 Å². The molecule has 168 valence electrons. The van der Waals surface area contributed by atoms with E-state index < -0.39 is 11.7 Å². The summed E-state index contributed by atoms with van der Waals surface area (Å²) in [6.07, 6.45) is 1.93. The Morgan fingerprint density at radius 1 is 1.03 bits per heavy atom. The van der Waals surface area contributed by atoms with Crippen LogP contribution >= 0.6 is 11.3 Å². The third-order valence-electron chi connectivity index (χ3n) is 4.11. The fourth-order valence-electron chi connectivity index (χ4n) is 2.76. The van der Waals surface area contributed by atoms with Crippen LogP contribution in [-0.4, -0.2) is 29.1 Å². The van der Waals surface area contributed by atoms with Gasteiger partial charge in [-0.05, 0) is 51.5 Å². The molecule has 3 aromatic rings. The minimum atomic E-state index is -0.546. The van der Waals surface area contributed by atoms with Crippen LogP contribution in [0.1, 0.15) is 33.6 Å². The third kappa shape index (κ3) is 7.39. The standard InChI is InChI=1S/C24H27N3O4S/c1-24(2,3)31-23(29)25-15-9-14-20(28)27-21-16-26-22(32-21)18-12-7-8-13-19(18)30-17-10-5-4-6-11-17/h4-8,10-13,16H,9,14-15H2,1-3H3,(H,25,29)(H,27,28). The first-order valence-corrected chi connectivity index (χ1v) is 11.2. The van der Waals surface area contributed by atoms with Gasteiger partial charge in [-0.25, -0.2) is 9.78 Å². The predicted octanol–water partition coefficient (Wildman–Crippen LogP) is 5.85. The summed E-state index contributed by atoms with van der Waals surface area (Å²) in [5.74, 6) is 1.30. The van der Waals surface area contributed by atoms with Crippen LogP contribution in [0, 0.1) is 0 Å². The third-order valence-corrected chi connectivity index (χ3v) is 5.05. The van der Waals surface area contributed by atoms with Gasteiger partial charge in [0.25, 0.3) is 0 Å². The molecular formula is C24H27N3O4S. The number of ether oxygens (including phenoxy) is 2. The van der Waals surface area contributed by atoms with Gasteiger partial charge in [0.1, 0.15) is 27.1 Å². The molecule has 0 bridgehead atoms. The van der Waals surface area contributed by atoms with Crippen molar-refractivity contribution < 1.29 is 19.1 Å². The lowest BCUT2D eigenvalue weighted by molar-refractivity contribution is -0.116. The largest absolute Gasteiger partial charge is 0.457 e. The summed E-state index contributed by atoms with van der Waals surface area (Å²) in [5.41, 5.74) is 0.305. The Balaban J connectivity index is 1.52. The van der Waals surface area contributed by atoms with Gasteiger partial charge in [-0.3, -0.25) is 4.79 Å². The number of para-hydroxylation sites is 2. The van der Waals surface area contributed by atoms with Crippen LogP contribution in [0.15, 0.2) is 60.8 Å². The zero-order valence-corrected chi connectivity index (χ0v) is 19.2. The minimum absolute atomic E-state index is 0.139. The number of carbonyl (C=O) groups is 2. The highest BCUT2D eigenvalue weighted by Crippen LogP contribution is 2.36. The van der Waals surface area contributed by atoms with Crippen molar-refractivity contribution in [3.8, 4) is 22.1 Å². The van der Waals surface area contributed by atoms with Crippen molar-refractivity contribution in [2.75, 3.05) is 11.9 Å². The Morgan fingerprint density at radius 2 is 1.75 bits per heavy atom. The molecule has 1 heterocycles. The van der Waals surface area contributed by atoms with Gasteiger partial charge in [-0.2, -0.15) is 0 Å². The molecule has 3 rings (SSSR count). The number of alkyl carbamates (subject to hydrolysis) is 1. The van der Waals surface area contributed by atoms with Gasteiger partial charge in [0.05, 0.1) is 11.8 Å². The number of hydrogen-bond acceptors (Lipinski definition) is 6. The van der Waals surface area contributed by atoms with Crippen molar-refractivity contribution in [2.45, 2.75) is 39.2 Å². The molecule has 0 spiro atoms. The van der Waals surface area contributed by atoms with E-state index >= 15 is 0 Å². The van der Waals surface area contributed by atoms with Crippen molar-refractivity contribution in [3.63, 3.8) is 0 Å². The minimum Gasteiger partial charge on any atom is -0.457 e. The number of hydrogen-bond donors (Lipinski definition) is 2. The summed E-state index contributed by atoms with van der Waals surface area (Å²) in [6.45, 7) is 5.76. The predicted molar refractivity (Wildman–Crippen MR) is 126 cm³/mol. The van der Waals surface area contributed by atoms with E-state index in [1.54, 1.807) is 27.0 Å². The zero-order chi connectivity index (χ0) is 23.0. The maximum absolute atomic E-state index is 12.2. The van der Waals surface area contributed by atoms with E-state index in [9.17, 15) is 9.59 Å². The van der Waals surface area contributed by atoms with Crippen LogP contribution in [0.2, 0.25) is 0 Å². The number of anilines is 1. The van der Waals surface area contributed by atoms with Gasteiger partial charge in [-0.1, -0.05) is 41.7 Å². The number of nitrogens with zero attached hydrogens (tertiary/aromatic N) is 1. The second kappa shape index (κ2) is 10.8. The lowest BCUT2D eigenvalue weighted by atomic mass is 10.2. The van der Waals surface area contributed by atoms with Crippen molar-refractivity contribution >= 4 is 28.3 Å². The zero-order valence-electron chi connectivity index (χ0n) is 18.4. The molecule has 2 amide bonds. The van der Waals surface area contributed by atoms with Gasteiger partial charge in [0, 0.05) is 13.0 Å². The Hall–Kier alpha value is -3.39.